The summed E-state index contributed by atoms with van der Waals surface area (Å²) >= 11 is 8.28. The van der Waals surface area contributed by atoms with E-state index >= 15 is 0 Å². The van der Waals surface area contributed by atoms with Gasteiger partial charge in [-0.05, 0) is 49.8 Å². The van der Waals surface area contributed by atoms with E-state index in [1.165, 1.54) is 37.0 Å². The molecule has 0 radical (unpaired) electrons. The first-order valence-corrected chi connectivity index (χ1v) is 25.0. The molecule has 5 heterocycles. The molecule has 3 aromatic heterocycles. The Morgan fingerprint density at radius 1 is 0.956 bits per heavy atom. The number of nitrogens with zero attached hydrogens (tertiary/aromatic N) is 5. The zero-order valence-electron chi connectivity index (χ0n) is 27.9. The first-order valence-electron chi connectivity index (χ1n) is 16.4. The van der Waals surface area contributed by atoms with Gasteiger partial charge in [0.25, 0.3) is 0 Å². The second-order valence-electron chi connectivity index (χ2n) is 15.5. The number of halogens is 1. The molecule has 2 saturated heterocycles. The van der Waals surface area contributed by atoms with E-state index in [0.717, 1.165) is 62.9 Å². The zero-order chi connectivity index (χ0) is 32.1. The highest BCUT2D eigenvalue weighted by atomic mass is 35.5. The van der Waals surface area contributed by atoms with Gasteiger partial charge in [0.1, 0.15) is 24.8 Å². The minimum Gasteiger partial charge on any atom is -0.361 e. The third-order valence-electron chi connectivity index (χ3n) is 9.30. The van der Waals surface area contributed by atoms with Crippen molar-refractivity contribution in [2.45, 2.75) is 110 Å². The van der Waals surface area contributed by atoms with E-state index in [1.54, 1.807) is 4.57 Å². The number of rotatable bonds is 12. The van der Waals surface area contributed by atoms with Crippen LogP contribution in [0.2, 0.25) is 56.4 Å². The number of hydrogen-bond donors (Lipinski definition) is 0. The number of ether oxygens (including phenoxy) is 2. The van der Waals surface area contributed by atoms with Crippen molar-refractivity contribution in [3.63, 3.8) is 0 Å². The van der Waals surface area contributed by atoms with Gasteiger partial charge < -0.3 is 18.9 Å². The van der Waals surface area contributed by atoms with Crippen LogP contribution in [0.1, 0.15) is 32.6 Å². The highest BCUT2D eigenvalue weighted by Gasteiger charge is 2.40. The number of anilines is 1. The van der Waals surface area contributed by atoms with Crippen LogP contribution in [0.25, 0.3) is 32.5 Å². The van der Waals surface area contributed by atoms with Gasteiger partial charge >= 0.3 is 4.87 Å². The van der Waals surface area contributed by atoms with Gasteiger partial charge in [0, 0.05) is 58.8 Å². The van der Waals surface area contributed by atoms with Gasteiger partial charge in [-0.1, -0.05) is 75.2 Å². The molecule has 0 saturated carbocycles. The molecule has 2 aliphatic rings. The van der Waals surface area contributed by atoms with Crippen molar-refractivity contribution < 1.29 is 9.47 Å². The Hall–Kier alpha value is -2.03. The van der Waals surface area contributed by atoms with Crippen LogP contribution in [0.5, 0.6) is 0 Å². The largest absolute Gasteiger partial charge is 0.361 e. The maximum absolute atomic E-state index is 13.0. The van der Waals surface area contributed by atoms with Crippen LogP contribution >= 0.6 is 22.9 Å². The van der Waals surface area contributed by atoms with Crippen molar-refractivity contribution >= 4 is 66.3 Å². The molecule has 2 bridgehead atoms. The summed E-state index contributed by atoms with van der Waals surface area (Å²) in [6, 6.07) is 7.21. The zero-order valence-corrected chi connectivity index (χ0v) is 31.4. The molecule has 12 heteroatoms. The molecule has 0 spiro atoms. The fourth-order valence-electron chi connectivity index (χ4n) is 6.78. The molecule has 1 unspecified atom stereocenters. The molecule has 1 aromatic carbocycles. The SMILES string of the molecule is CC1C[C@H]2CC[C@@H](C1)N2c1cnc2c(-c3ccc4c(sc(=O)n4COCC[Si](C)(C)C)c3Cl)cn(COCC[Si](C)(C)C)c2n1. The summed E-state index contributed by atoms with van der Waals surface area (Å²) in [5, 5.41) is 0.558. The molecule has 45 heavy (non-hydrogen) atoms. The van der Waals surface area contributed by atoms with E-state index in [2.05, 4.69) is 61.9 Å². The lowest BCUT2D eigenvalue weighted by molar-refractivity contribution is 0.0888. The Bertz CT molecular complexity index is 1730. The van der Waals surface area contributed by atoms with Crippen LogP contribution in [0.3, 0.4) is 0 Å². The van der Waals surface area contributed by atoms with Crippen molar-refractivity contribution in [2.24, 2.45) is 5.92 Å². The van der Waals surface area contributed by atoms with Gasteiger partial charge in [0.2, 0.25) is 0 Å². The molecule has 0 N–H and O–H groups in total. The summed E-state index contributed by atoms with van der Waals surface area (Å²) in [6.07, 6.45) is 8.89. The normalized spacial score (nSPS) is 20.6. The number of hydrogen-bond acceptors (Lipinski definition) is 7. The molecule has 0 aliphatic carbocycles. The highest BCUT2D eigenvalue weighted by Crippen LogP contribution is 2.43. The molecule has 8 nitrogen and oxygen atoms in total. The molecule has 3 atom stereocenters. The van der Waals surface area contributed by atoms with Gasteiger partial charge in [0.15, 0.2) is 5.65 Å². The minimum absolute atomic E-state index is 0.0646. The van der Waals surface area contributed by atoms with E-state index < -0.39 is 16.1 Å². The molecule has 6 rings (SSSR count). The number of piperidine rings is 1. The van der Waals surface area contributed by atoms with Crippen LogP contribution in [0.15, 0.2) is 29.3 Å². The predicted molar refractivity (Wildman–Crippen MR) is 194 cm³/mol. The van der Waals surface area contributed by atoms with Gasteiger partial charge in [0.05, 0.1) is 21.4 Å². The number of thiazole rings is 1. The fourth-order valence-corrected chi connectivity index (χ4v) is 9.59. The second-order valence-corrected chi connectivity index (χ2v) is 28.1. The number of fused-ring (bicyclic) bond motifs is 4. The maximum Gasteiger partial charge on any atom is 0.310 e. The van der Waals surface area contributed by atoms with Crippen molar-refractivity contribution in [3.8, 4) is 11.1 Å². The lowest BCUT2D eigenvalue weighted by Crippen LogP contribution is -2.43. The second kappa shape index (κ2) is 12.9. The third-order valence-corrected chi connectivity index (χ3v) is 14.2. The molecule has 2 aliphatic heterocycles. The van der Waals surface area contributed by atoms with Crippen LogP contribution < -0.4 is 9.77 Å². The molecular weight excluding hydrogens is 638 g/mol. The van der Waals surface area contributed by atoms with Crippen LogP contribution in [0.4, 0.5) is 5.82 Å². The molecule has 0 amide bonds. The van der Waals surface area contributed by atoms with E-state index in [0.29, 0.717) is 30.4 Å². The summed E-state index contributed by atoms with van der Waals surface area (Å²) in [5.41, 5.74) is 4.16. The minimum atomic E-state index is -1.22. The number of aromatic nitrogens is 4. The van der Waals surface area contributed by atoms with Gasteiger partial charge in [-0.25, -0.2) is 9.97 Å². The van der Waals surface area contributed by atoms with Crippen LogP contribution in [-0.4, -0.2) is 60.5 Å². The first-order chi connectivity index (χ1) is 21.3. The van der Waals surface area contributed by atoms with Gasteiger partial charge in [-0.15, -0.1) is 0 Å². The van der Waals surface area contributed by atoms with E-state index in [-0.39, 0.29) is 11.6 Å². The van der Waals surface area contributed by atoms with Crippen LogP contribution in [-0.2, 0) is 22.9 Å². The lowest BCUT2D eigenvalue weighted by Gasteiger charge is -2.38. The van der Waals surface area contributed by atoms with Crippen LogP contribution in [0, 0.1) is 5.92 Å². The molecule has 244 valence electrons. The summed E-state index contributed by atoms with van der Waals surface area (Å²) in [4.78, 5) is 25.8. The van der Waals surface area contributed by atoms with E-state index in [1.807, 2.05) is 18.3 Å². The van der Waals surface area contributed by atoms with Crippen molar-refractivity contribution in [1.29, 1.82) is 0 Å². The van der Waals surface area contributed by atoms with Gasteiger partial charge in [-0.2, -0.15) is 0 Å². The topological polar surface area (TPSA) is 74.4 Å². The van der Waals surface area contributed by atoms with Crippen molar-refractivity contribution in [3.05, 3.63) is 39.2 Å². The predicted octanol–water partition coefficient (Wildman–Crippen LogP) is 8.52. The highest BCUT2D eigenvalue weighted by molar-refractivity contribution is 7.17. The van der Waals surface area contributed by atoms with Crippen molar-refractivity contribution in [1.82, 2.24) is 19.1 Å². The fraction of sp³-hybridized carbons (Fsp3) is 0.606. The molecule has 2 fully saturated rings. The Morgan fingerprint density at radius 2 is 1.60 bits per heavy atom. The summed E-state index contributed by atoms with van der Waals surface area (Å²) in [7, 11) is -2.43. The Balaban J connectivity index is 1.34. The molecular formula is C33H48ClN5O3SSi2. The van der Waals surface area contributed by atoms with E-state index in [9.17, 15) is 4.79 Å². The first kappa shape index (κ1) is 32.9. The third kappa shape index (κ3) is 7.13. The standard InChI is InChI=1S/C33H48ClN5O3SSi2/c1-22-16-23-8-9-24(17-22)39(23)28-18-35-30-26(19-37(32(30)36-28)20-41-12-14-44(2,3)4)25-10-11-27-31(29(25)34)43-33(40)38(27)21-42-13-15-45(5,6)7/h10-11,18-19,22-24H,8-9,12-17,20-21H2,1-7H3/t22?,23-,24+. The van der Waals surface area contributed by atoms with Crippen molar-refractivity contribution in [2.75, 3.05) is 18.1 Å². The lowest BCUT2D eigenvalue weighted by atomic mass is 9.92. The average molecular weight is 686 g/mol. The van der Waals surface area contributed by atoms with Gasteiger partial charge in [-0.3, -0.25) is 9.36 Å². The Labute approximate surface area is 277 Å². The maximum atomic E-state index is 13.0. The molecule has 4 aromatic rings. The summed E-state index contributed by atoms with van der Waals surface area (Å²) in [6.45, 7) is 18.5. The summed E-state index contributed by atoms with van der Waals surface area (Å²) < 4.78 is 16.7. The Morgan fingerprint density at radius 3 is 2.24 bits per heavy atom. The smallest absolute Gasteiger partial charge is 0.310 e. The average Bonchev–Trinajstić information content (AvgIpc) is 3.57. The Kier molecular flexibility index (Phi) is 9.41. The quantitative estimate of drug-likeness (QED) is 0.110. The monoisotopic (exact) mass is 685 g/mol. The van der Waals surface area contributed by atoms with E-state index in [4.69, 9.17) is 31.0 Å². The number of benzene rings is 1. The summed E-state index contributed by atoms with van der Waals surface area (Å²) in [5.74, 6) is 1.71.